The van der Waals surface area contributed by atoms with E-state index in [0.29, 0.717) is 56.6 Å². The molecule has 0 aliphatic rings. The Balaban J connectivity index is 1.68. The molecule has 180 valence electrons. The highest BCUT2D eigenvalue weighted by Crippen LogP contribution is 2.37. The number of benzene rings is 4. The van der Waals surface area contributed by atoms with E-state index in [9.17, 15) is 8.42 Å². The SMILES string of the molecule is Cc1cc(Oc2ccc(N)cc2)cc(C)c1S(=O)(=O)c1c(C)cc(Oc2ccc(N)cc2)cc1C. The molecule has 35 heavy (non-hydrogen) atoms. The van der Waals surface area contributed by atoms with Crippen molar-refractivity contribution in [3.05, 3.63) is 95.1 Å². The summed E-state index contributed by atoms with van der Waals surface area (Å²) in [6, 6.07) is 21.0. The van der Waals surface area contributed by atoms with Gasteiger partial charge in [0, 0.05) is 11.4 Å². The Morgan fingerprint density at radius 2 is 0.800 bits per heavy atom. The van der Waals surface area contributed by atoms with Crippen molar-refractivity contribution in [2.24, 2.45) is 0 Å². The van der Waals surface area contributed by atoms with Gasteiger partial charge >= 0.3 is 0 Å². The third-order valence-corrected chi connectivity index (χ3v) is 8.00. The summed E-state index contributed by atoms with van der Waals surface area (Å²) in [7, 11) is -3.80. The van der Waals surface area contributed by atoms with Gasteiger partial charge < -0.3 is 20.9 Å². The van der Waals surface area contributed by atoms with Crippen LogP contribution in [0.3, 0.4) is 0 Å². The maximum absolute atomic E-state index is 13.8. The Labute approximate surface area is 206 Å². The van der Waals surface area contributed by atoms with Crippen molar-refractivity contribution in [2.45, 2.75) is 37.5 Å². The summed E-state index contributed by atoms with van der Waals surface area (Å²) in [6.07, 6.45) is 0. The first-order valence-electron chi connectivity index (χ1n) is 11.1. The van der Waals surface area contributed by atoms with Gasteiger partial charge in [0.1, 0.15) is 23.0 Å². The number of hydrogen-bond acceptors (Lipinski definition) is 6. The van der Waals surface area contributed by atoms with E-state index in [4.69, 9.17) is 20.9 Å². The van der Waals surface area contributed by atoms with Crippen LogP contribution in [-0.2, 0) is 9.84 Å². The lowest BCUT2D eigenvalue weighted by molar-refractivity contribution is 0.481. The molecule has 6 nitrogen and oxygen atoms in total. The molecule has 0 bridgehead atoms. The van der Waals surface area contributed by atoms with Crippen molar-refractivity contribution < 1.29 is 17.9 Å². The van der Waals surface area contributed by atoms with Crippen molar-refractivity contribution in [3.63, 3.8) is 0 Å². The average Bonchev–Trinajstić information content (AvgIpc) is 2.75. The van der Waals surface area contributed by atoms with Crippen molar-refractivity contribution in [1.82, 2.24) is 0 Å². The molecule has 0 aromatic heterocycles. The van der Waals surface area contributed by atoms with Crippen LogP contribution in [0.5, 0.6) is 23.0 Å². The molecular weight excluding hydrogens is 460 g/mol. The van der Waals surface area contributed by atoms with Crippen LogP contribution in [-0.4, -0.2) is 8.42 Å². The predicted octanol–water partition coefficient (Wildman–Crippen LogP) is 6.50. The number of anilines is 2. The Hall–Kier alpha value is -3.97. The molecule has 0 aliphatic heterocycles. The number of aryl methyl sites for hydroxylation is 4. The van der Waals surface area contributed by atoms with Crippen molar-refractivity contribution >= 4 is 21.2 Å². The Bertz CT molecular complexity index is 1340. The average molecular weight is 489 g/mol. The lowest BCUT2D eigenvalue weighted by atomic mass is 10.1. The molecule has 0 heterocycles. The van der Waals surface area contributed by atoms with Gasteiger partial charge in [-0.2, -0.15) is 0 Å². The summed E-state index contributed by atoms with van der Waals surface area (Å²) >= 11 is 0. The van der Waals surface area contributed by atoms with E-state index in [1.54, 1.807) is 100 Å². The molecule has 0 aliphatic carbocycles. The highest BCUT2D eigenvalue weighted by molar-refractivity contribution is 7.91. The number of sulfone groups is 1. The third kappa shape index (κ3) is 5.10. The van der Waals surface area contributed by atoms with Crippen molar-refractivity contribution in [1.29, 1.82) is 0 Å². The zero-order chi connectivity index (χ0) is 25.3. The largest absolute Gasteiger partial charge is 0.457 e. The molecule has 0 amide bonds. The molecule has 4 rings (SSSR count). The van der Waals surface area contributed by atoms with Gasteiger partial charge in [0.25, 0.3) is 0 Å². The van der Waals surface area contributed by atoms with Gasteiger partial charge in [-0.3, -0.25) is 0 Å². The molecule has 4 aromatic rings. The first-order chi connectivity index (χ1) is 16.5. The predicted molar refractivity (Wildman–Crippen MR) is 139 cm³/mol. The lowest BCUT2D eigenvalue weighted by Crippen LogP contribution is -2.10. The first-order valence-corrected chi connectivity index (χ1v) is 12.6. The smallest absolute Gasteiger partial charge is 0.207 e. The summed E-state index contributed by atoms with van der Waals surface area (Å²) in [5, 5.41) is 0. The van der Waals surface area contributed by atoms with E-state index >= 15 is 0 Å². The number of nitrogens with two attached hydrogens (primary N) is 2. The topological polar surface area (TPSA) is 105 Å². The van der Waals surface area contributed by atoms with Gasteiger partial charge in [0.15, 0.2) is 0 Å². The van der Waals surface area contributed by atoms with Gasteiger partial charge in [-0.25, -0.2) is 8.42 Å². The molecule has 0 saturated heterocycles. The minimum atomic E-state index is -3.80. The fraction of sp³-hybridized carbons (Fsp3) is 0.143. The van der Waals surface area contributed by atoms with E-state index in [0.717, 1.165) is 0 Å². The number of rotatable bonds is 6. The van der Waals surface area contributed by atoms with Crippen LogP contribution in [0.25, 0.3) is 0 Å². The normalized spacial score (nSPS) is 11.3. The summed E-state index contributed by atoms with van der Waals surface area (Å²) in [5.74, 6) is 2.36. The summed E-state index contributed by atoms with van der Waals surface area (Å²) in [6.45, 7) is 7.11. The summed E-state index contributed by atoms with van der Waals surface area (Å²) in [5.41, 5.74) is 15.2. The van der Waals surface area contributed by atoms with Crippen LogP contribution < -0.4 is 20.9 Å². The van der Waals surface area contributed by atoms with Crippen LogP contribution in [0.1, 0.15) is 22.3 Å². The quantitative estimate of drug-likeness (QED) is 0.300. The van der Waals surface area contributed by atoms with Crippen LogP contribution in [0.15, 0.2) is 82.6 Å². The van der Waals surface area contributed by atoms with Crippen LogP contribution in [0.2, 0.25) is 0 Å². The zero-order valence-electron chi connectivity index (χ0n) is 20.1. The van der Waals surface area contributed by atoms with Gasteiger partial charge in [-0.15, -0.1) is 0 Å². The molecule has 7 heteroatoms. The second-order valence-electron chi connectivity index (χ2n) is 8.62. The highest BCUT2D eigenvalue weighted by atomic mass is 32.2. The Kier molecular flexibility index (Phi) is 6.45. The molecule has 0 spiro atoms. The molecule has 0 fully saturated rings. The molecule has 4 aromatic carbocycles. The fourth-order valence-corrected chi connectivity index (χ4v) is 6.37. The maximum atomic E-state index is 13.8. The summed E-state index contributed by atoms with van der Waals surface area (Å²) in [4.78, 5) is 0.557. The zero-order valence-corrected chi connectivity index (χ0v) is 20.9. The van der Waals surface area contributed by atoms with Crippen molar-refractivity contribution in [3.8, 4) is 23.0 Å². The number of ether oxygens (including phenoxy) is 2. The van der Waals surface area contributed by atoms with E-state index in [2.05, 4.69) is 0 Å². The number of nitrogen functional groups attached to an aromatic ring is 2. The van der Waals surface area contributed by atoms with Crippen LogP contribution in [0, 0.1) is 27.7 Å². The van der Waals surface area contributed by atoms with E-state index in [1.165, 1.54) is 0 Å². The van der Waals surface area contributed by atoms with E-state index in [1.807, 2.05) is 0 Å². The fourth-order valence-electron chi connectivity index (χ4n) is 4.23. The number of hydrogen-bond donors (Lipinski definition) is 2. The third-order valence-electron chi connectivity index (χ3n) is 5.64. The maximum Gasteiger partial charge on any atom is 0.207 e. The minimum absolute atomic E-state index is 0.278. The van der Waals surface area contributed by atoms with E-state index in [-0.39, 0.29) is 9.79 Å². The lowest BCUT2D eigenvalue weighted by Gasteiger charge is -2.18. The molecule has 0 saturated carbocycles. The molecular formula is C28H28N2O4S. The molecule has 0 radical (unpaired) electrons. The van der Waals surface area contributed by atoms with Crippen molar-refractivity contribution in [2.75, 3.05) is 11.5 Å². The minimum Gasteiger partial charge on any atom is -0.457 e. The molecule has 4 N–H and O–H groups in total. The van der Waals surface area contributed by atoms with Gasteiger partial charge in [-0.1, -0.05) is 0 Å². The molecule has 0 unspecified atom stereocenters. The van der Waals surface area contributed by atoms with E-state index < -0.39 is 9.84 Å². The summed E-state index contributed by atoms with van der Waals surface area (Å²) < 4.78 is 39.5. The standard InChI is InChI=1S/C28H28N2O4S/c1-17-13-25(33-23-9-5-21(29)6-10-23)14-18(2)27(17)35(31,32)28-19(3)15-26(16-20(28)4)34-24-11-7-22(30)8-12-24/h5-16H,29-30H2,1-4H3. The second kappa shape index (κ2) is 9.35. The monoisotopic (exact) mass is 488 g/mol. The second-order valence-corrected chi connectivity index (χ2v) is 10.4. The van der Waals surface area contributed by atoms with Crippen LogP contribution in [0.4, 0.5) is 11.4 Å². The van der Waals surface area contributed by atoms with Gasteiger partial charge in [0.05, 0.1) is 9.79 Å². The van der Waals surface area contributed by atoms with Gasteiger partial charge in [-0.05, 0) is 123 Å². The van der Waals surface area contributed by atoms with Gasteiger partial charge in [0.2, 0.25) is 9.84 Å². The highest BCUT2D eigenvalue weighted by Gasteiger charge is 2.27. The molecule has 0 atom stereocenters. The van der Waals surface area contributed by atoms with Crippen LogP contribution >= 0.6 is 0 Å². The Morgan fingerprint density at radius 3 is 1.09 bits per heavy atom. The Morgan fingerprint density at radius 1 is 0.514 bits per heavy atom. The first kappa shape index (κ1) is 24.2.